The van der Waals surface area contributed by atoms with Crippen molar-refractivity contribution in [2.45, 2.75) is 12.5 Å². The van der Waals surface area contributed by atoms with E-state index in [1.807, 2.05) is 6.07 Å². The van der Waals surface area contributed by atoms with E-state index in [1.165, 1.54) is 31.4 Å². The minimum Gasteiger partial charge on any atom is -0.382 e. The van der Waals surface area contributed by atoms with Gasteiger partial charge in [-0.3, -0.25) is 14.8 Å². The number of rotatable bonds is 17. The third-order valence-corrected chi connectivity index (χ3v) is 4.33. The Kier molecular flexibility index (Phi) is 14.6. The minimum absolute atomic E-state index is 0.0172. The van der Waals surface area contributed by atoms with Gasteiger partial charge in [0.1, 0.15) is 6.79 Å². The van der Waals surface area contributed by atoms with E-state index in [0.717, 1.165) is 0 Å². The number of carbonyl (C=O) groups excluding carboxylic acids is 2. The van der Waals surface area contributed by atoms with Crippen molar-refractivity contribution in [3.8, 4) is 6.07 Å². The summed E-state index contributed by atoms with van der Waals surface area (Å²) in [6, 6.07) is 7.55. The number of methoxy groups -OCH3 is 2. The predicted molar refractivity (Wildman–Crippen MR) is 112 cm³/mol. The Labute approximate surface area is 187 Å². The first-order valence-corrected chi connectivity index (χ1v) is 10.0. The molecule has 0 unspecified atom stereocenters. The summed E-state index contributed by atoms with van der Waals surface area (Å²) in [5.41, 5.74) is 2.41. The zero-order chi connectivity index (χ0) is 23.6. The number of nitrogens with zero attached hydrogens (tertiary/aromatic N) is 1. The highest BCUT2D eigenvalue weighted by molar-refractivity contribution is 5.94. The van der Waals surface area contributed by atoms with Crippen LogP contribution in [0.1, 0.15) is 22.3 Å². The Hall–Kier alpha value is -2.59. The van der Waals surface area contributed by atoms with Gasteiger partial charge in [-0.1, -0.05) is 0 Å². The maximum absolute atomic E-state index is 12.7. The molecule has 0 heterocycles. The number of amides is 2. The van der Waals surface area contributed by atoms with Gasteiger partial charge in [0.15, 0.2) is 0 Å². The van der Waals surface area contributed by atoms with E-state index in [4.69, 9.17) is 34.2 Å². The number of hydroxylamine groups is 1. The van der Waals surface area contributed by atoms with Crippen LogP contribution < -0.4 is 10.8 Å². The monoisotopic (exact) mass is 453 g/mol. The van der Waals surface area contributed by atoms with E-state index in [9.17, 15) is 9.59 Å². The number of hydrogen-bond acceptors (Lipinski definition) is 9. The highest BCUT2D eigenvalue weighted by Gasteiger charge is 2.25. The number of nitrogens with one attached hydrogen (secondary N) is 2. The topological polar surface area (TPSA) is 148 Å². The molecule has 0 aliphatic carbocycles. The third kappa shape index (κ3) is 11.1. The smallest absolute Gasteiger partial charge is 0.251 e. The van der Waals surface area contributed by atoms with Gasteiger partial charge in [0.05, 0.1) is 63.2 Å². The number of hydrogen-bond donors (Lipinski definition) is 3. The van der Waals surface area contributed by atoms with Crippen LogP contribution in [0.2, 0.25) is 0 Å². The molecule has 178 valence electrons. The van der Waals surface area contributed by atoms with E-state index in [2.05, 4.69) is 5.32 Å². The molecule has 1 aromatic rings. The molecular formula is C21H31N3O8. The molecule has 0 saturated heterocycles. The van der Waals surface area contributed by atoms with Crippen molar-refractivity contribution in [2.75, 3.05) is 60.7 Å². The van der Waals surface area contributed by atoms with E-state index in [1.54, 1.807) is 12.6 Å². The van der Waals surface area contributed by atoms with Crippen LogP contribution >= 0.6 is 0 Å². The van der Waals surface area contributed by atoms with Gasteiger partial charge >= 0.3 is 0 Å². The molecule has 2 amide bonds. The van der Waals surface area contributed by atoms with Crippen LogP contribution in [0.25, 0.3) is 0 Å². The average Bonchev–Trinajstić information content (AvgIpc) is 2.82. The molecule has 0 aromatic heterocycles. The van der Waals surface area contributed by atoms with Crippen LogP contribution in [0.5, 0.6) is 0 Å². The summed E-state index contributed by atoms with van der Waals surface area (Å²) in [6.45, 7) is 1.45. The second-order valence-electron chi connectivity index (χ2n) is 6.73. The normalized spacial score (nSPS) is 12.6. The lowest BCUT2D eigenvalue weighted by Gasteiger charge is -2.23. The van der Waals surface area contributed by atoms with Gasteiger partial charge in [-0.15, -0.1) is 0 Å². The van der Waals surface area contributed by atoms with Gasteiger partial charge in [0, 0.05) is 19.8 Å². The maximum atomic E-state index is 12.7. The molecule has 0 fully saturated rings. The maximum Gasteiger partial charge on any atom is 0.251 e. The molecule has 1 aromatic carbocycles. The molecule has 0 spiro atoms. The Morgan fingerprint density at radius 2 is 1.66 bits per heavy atom. The molecule has 0 saturated carbocycles. The summed E-state index contributed by atoms with van der Waals surface area (Å²) in [5.74, 6) is -1.79. The summed E-state index contributed by atoms with van der Waals surface area (Å²) in [6.07, 6.45) is 0.138. The van der Waals surface area contributed by atoms with Crippen molar-refractivity contribution in [2.24, 2.45) is 5.92 Å². The predicted octanol–water partition coefficient (Wildman–Crippen LogP) is 0.468. The van der Waals surface area contributed by atoms with Crippen LogP contribution in [0.4, 0.5) is 0 Å². The van der Waals surface area contributed by atoms with Crippen molar-refractivity contribution >= 4 is 11.8 Å². The number of carbonyl (C=O) groups is 2. The first-order chi connectivity index (χ1) is 15.5. The lowest BCUT2D eigenvalue weighted by Crippen LogP contribution is -2.43. The first-order valence-electron chi connectivity index (χ1n) is 10.0. The SMILES string of the molecule is COCCOCOC[C@H](C[C@H](COCCOC)C(=O)NO)NC(=O)c1ccc(C#N)cc1. The van der Waals surface area contributed by atoms with E-state index in [0.29, 0.717) is 30.9 Å². The van der Waals surface area contributed by atoms with E-state index < -0.39 is 23.8 Å². The molecule has 32 heavy (non-hydrogen) atoms. The zero-order valence-corrected chi connectivity index (χ0v) is 18.4. The summed E-state index contributed by atoms with van der Waals surface area (Å²) in [4.78, 5) is 24.7. The first kappa shape index (κ1) is 27.4. The summed E-state index contributed by atoms with van der Waals surface area (Å²) in [7, 11) is 3.09. The van der Waals surface area contributed by atoms with Gasteiger partial charge in [-0.05, 0) is 30.7 Å². The van der Waals surface area contributed by atoms with Crippen molar-refractivity contribution in [3.63, 3.8) is 0 Å². The molecule has 0 bridgehead atoms. The van der Waals surface area contributed by atoms with E-state index in [-0.39, 0.29) is 33.0 Å². The second kappa shape index (κ2) is 17.0. The Bertz CT molecular complexity index is 708. The Morgan fingerprint density at radius 3 is 2.25 bits per heavy atom. The second-order valence-corrected chi connectivity index (χ2v) is 6.73. The fraction of sp³-hybridized carbons (Fsp3) is 0.571. The standard InChI is InChI=1S/C21H31N3O8/c1-28-7-9-30-13-18(21(26)24-27)11-19(14-32-15-31-10-8-29-2)23-20(25)17-5-3-16(12-22)4-6-17/h3-6,18-19,27H,7-11,13-15H2,1-2H3,(H,23,25)(H,24,26)/t18-,19+/m1/s1. The number of nitriles is 1. The minimum atomic E-state index is -0.749. The molecule has 11 nitrogen and oxygen atoms in total. The molecule has 2 atom stereocenters. The van der Waals surface area contributed by atoms with Crippen LogP contribution in [-0.4, -0.2) is 83.7 Å². The van der Waals surface area contributed by atoms with Crippen molar-refractivity contribution in [3.05, 3.63) is 35.4 Å². The zero-order valence-electron chi connectivity index (χ0n) is 18.4. The van der Waals surface area contributed by atoms with Crippen molar-refractivity contribution in [1.82, 2.24) is 10.8 Å². The highest BCUT2D eigenvalue weighted by Crippen LogP contribution is 2.11. The average molecular weight is 453 g/mol. The largest absolute Gasteiger partial charge is 0.382 e. The van der Waals surface area contributed by atoms with Crippen LogP contribution in [0.15, 0.2) is 24.3 Å². The number of ether oxygens (including phenoxy) is 5. The molecule has 0 aliphatic heterocycles. The van der Waals surface area contributed by atoms with Gasteiger partial charge in [0.25, 0.3) is 5.91 Å². The molecule has 0 radical (unpaired) electrons. The summed E-state index contributed by atoms with van der Waals surface area (Å²) in [5, 5.41) is 20.8. The van der Waals surface area contributed by atoms with Gasteiger partial charge < -0.3 is 29.0 Å². The fourth-order valence-electron chi connectivity index (χ4n) is 2.64. The number of benzene rings is 1. The molecule has 11 heteroatoms. The van der Waals surface area contributed by atoms with Gasteiger partial charge in [0.2, 0.25) is 5.91 Å². The quantitative estimate of drug-likeness (QED) is 0.132. The fourth-order valence-corrected chi connectivity index (χ4v) is 2.64. The Morgan fingerprint density at radius 1 is 1.00 bits per heavy atom. The van der Waals surface area contributed by atoms with Crippen LogP contribution in [-0.2, 0) is 28.5 Å². The van der Waals surface area contributed by atoms with Crippen molar-refractivity contribution in [1.29, 1.82) is 5.26 Å². The lowest BCUT2D eigenvalue weighted by atomic mass is 9.99. The summed E-state index contributed by atoms with van der Waals surface area (Å²) >= 11 is 0. The van der Waals surface area contributed by atoms with E-state index >= 15 is 0 Å². The van der Waals surface area contributed by atoms with Crippen LogP contribution in [0.3, 0.4) is 0 Å². The van der Waals surface area contributed by atoms with Crippen LogP contribution in [0, 0.1) is 17.2 Å². The third-order valence-electron chi connectivity index (χ3n) is 4.33. The lowest BCUT2D eigenvalue weighted by molar-refractivity contribution is -0.136. The van der Waals surface area contributed by atoms with Gasteiger partial charge in [-0.2, -0.15) is 5.26 Å². The molecule has 0 aliphatic rings. The summed E-state index contributed by atoms with van der Waals surface area (Å²) < 4.78 is 26.0. The molecule has 3 N–H and O–H groups in total. The molecule has 1 rings (SSSR count). The highest BCUT2D eigenvalue weighted by atomic mass is 16.7. The van der Waals surface area contributed by atoms with Crippen molar-refractivity contribution < 1.29 is 38.5 Å². The Balaban J connectivity index is 2.77. The molecular weight excluding hydrogens is 422 g/mol. The van der Waals surface area contributed by atoms with Gasteiger partial charge in [-0.25, -0.2) is 5.48 Å².